The van der Waals surface area contributed by atoms with Gasteiger partial charge < -0.3 is 5.73 Å². The Morgan fingerprint density at radius 3 is 2.77 bits per heavy atom. The molecular weight excluding hydrogens is 180 g/mol. The zero-order valence-corrected chi connectivity index (χ0v) is 8.23. The van der Waals surface area contributed by atoms with Crippen LogP contribution < -0.4 is 5.73 Å². The van der Waals surface area contributed by atoms with Crippen molar-refractivity contribution in [2.24, 2.45) is 11.1 Å². The van der Waals surface area contributed by atoms with Crippen molar-refractivity contribution < 1.29 is 0 Å². The Hall–Kier alpha value is -0.850. The molecule has 1 saturated carbocycles. The van der Waals surface area contributed by atoms with Crippen LogP contribution in [0.25, 0.3) is 0 Å². The number of hydrogen-bond donors (Lipinski definition) is 1. The third-order valence-corrected chi connectivity index (χ3v) is 3.70. The molecule has 0 atom stereocenters. The lowest BCUT2D eigenvalue weighted by molar-refractivity contribution is 0.525. The maximum Gasteiger partial charge on any atom is 0.110 e. The Balaban J connectivity index is 2.06. The summed E-state index contributed by atoms with van der Waals surface area (Å²) in [6.45, 7) is 0.785. The minimum absolute atomic E-state index is 0.386. The molecule has 0 saturated heterocycles. The summed E-state index contributed by atoms with van der Waals surface area (Å²) in [5.74, 6) is 0. The van der Waals surface area contributed by atoms with E-state index in [1.807, 2.05) is 6.07 Å². The summed E-state index contributed by atoms with van der Waals surface area (Å²) in [5.41, 5.74) is 6.08. The lowest BCUT2D eigenvalue weighted by Gasteiger charge is -2.09. The van der Waals surface area contributed by atoms with E-state index >= 15 is 0 Å². The Morgan fingerprint density at radius 2 is 2.31 bits per heavy atom. The van der Waals surface area contributed by atoms with Crippen molar-refractivity contribution in [3.8, 4) is 6.07 Å². The molecule has 1 fully saturated rings. The minimum atomic E-state index is 0.386. The molecule has 0 aliphatic heterocycles. The van der Waals surface area contributed by atoms with Gasteiger partial charge in [-0.25, -0.2) is 0 Å². The fourth-order valence-corrected chi connectivity index (χ4v) is 2.51. The molecule has 0 aromatic carbocycles. The molecule has 3 heteroatoms. The van der Waals surface area contributed by atoms with E-state index in [0.29, 0.717) is 5.41 Å². The molecule has 1 aromatic heterocycles. The number of nitriles is 1. The quantitative estimate of drug-likeness (QED) is 0.795. The van der Waals surface area contributed by atoms with E-state index < -0.39 is 0 Å². The summed E-state index contributed by atoms with van der Waals surface area (Å²) in [6, 6.07) is 6.11. The van der Waals surface area contributed by atoms with Gasteiger partial charge in [0.05, 0.1) is 0 Å². The summed E-state index contributed by atoms with van der Waals surface area (Å²) in [5, 5.41) is 8.66. The van der Waals surface area contributed by atoms with Crippen LogP contribution in [0.4, 0.5) is 0 Å². The zero-order valence-electron chi connectivity index (χ0n) is 7.42. The van der Waals surface area contributed by atoms with Gasteiger partial charge in [0.25, 0.3) is 0 Å². The summed E-state index contributed by atoms with van der Waals surface area (Å²) in [6.07, 6.45) is 3.57. The SMILES string of the molecule is N#Cc1ccc(CC2(CN)CC2)s1. The van der Waals surface area contributed by atoms with E-state index in [0.717, 1.165) is 17.8 Å². The molecule has 0 spiro atoms. The van der Waals surface area contributed by atoms with Crippen LogP contribution in [0.3, 0.4) is 0 Å². The first-order valence-electron chi connectivity index (χ1n) is 4.47. The van der Waals surface area contributed by atoms with Crippen molar-refractivity contribution in [3.05, 3.63) is 21.9 Å². The predicted octanol–water partition coefficient (Wildman–Crippen LogP) is 1.90. The van der Waals surface area contributed by atoms with Gasteiger partial charge in [-0.05, 0) is 43.4 Å². The average molecular weight is 192 g/mol. The first kappa shape index (κ1) is 8.74. The van der Waals surface area contributed by atoms with Gasteiger partial charge in [0.1, 0.15) is 10.9 Å². The van der Waals surface area contributed by atoms with Crippen molar-refractivity contribution in [2.45, 2.75) is 19.3 Å². The fraction of sp³-hybridized carbons (Fsp3) is 0.500. The third-order valence-electron chi connectivity index (χ3n) is 2.71. The second kappa shape index (κ2) is 3.13. The molecule has 0 bridgehead atoms. The summed E-state index contributed by atoms with van der Waals surface area (Å²) < 4.78 is 0. The van der Waals surface area contributed by atoms with Gasteiger partial charge in [0, 0.05) is 4.88 Å². The Kier molecular flexibility index (Phi) is 2.10. The number of nitrogens with zero attached hydrogens (tertiary/aromatic N) is 1. The number of thiophene rings is 1. The van der Waals surface area contributed by atoms with Crippen LogP contribution in [0.15, 0.2) is 12.1 Å². The molecule has 13 heavy (non-hydrogen) atoms. The van der Waals surface area contributed by atoms with Gasteiger partial charge in [-0.3, -0.25) is 0 Å². The second-order valence-electron chi connectivity index (χ2n) is 3.76. The van der Waals surface area contributed by atoms with Gasteiger partial charge in [-0.15, -0.1) is 11.3 Å². The van der Waals surface area contributed by atoms with Crippen LogP contribution in [0.5, 0.6) is 0 Å². The van der Waals surface area contributed by atoms with Crippen molar-refractivity contribution >= 4 is 11.3 Å². The zero-order chi connectivity index (χ0) is 9.31. The van der Waals surface area contributed by atoms with Crippen LogP contribution in [0.2, 0.25) is 0 Å². The lowest BCUT2D eigenvalue weighted by Crippen LogP contribution is -2.17. The number of nitrogens with two attached hydrogens (primary N) is 1. The maximum atomic E-state index is 8.66. The molecule has 2 N–H and O–H groups in total. The molecule has 0 amide bonds. The highest BCUT2D eigenvalue weighted by atomic mass is 32.1. The van der Waals surface area contributed by atoms with Gasteiger partial charge >= 0.3 is 0 Å². The smallest absolute Gasteiger partial charge is 0.110 e. The monoisotopic (exact) mass is 192 g/mol. The molecule has 0 radical (unpaired) electrons. The van der Waals surface area contributed by atoms with E-state index in [-0.39, 0.29) is 0 Å². The molecule has 0 unspecified atom stereocenters. The largest absolute Gasteiger partial charge is 0.330 e. The molecule has 1 aromatic rings. The van der Waals surface area contributed by atoms with Crippen LogP contribution >= 0.6 is 11.3 Å². The standard InChI is InChI=1S/C10H12N2S/c11-6-9-2-1-8(13-9)5-10(7-12)3-4-10/h1-2H,3-5,7,12H2. The second-order valence-corrected chi connectivity index (χ2v) is 4.93. The van der Waals surface area contributed by atoms with E-state index in [4.69, 9.17) is 11.0 Å². The summed E-state index contributed by atoms with van der Waals surface area (Å²) >= 11 is 1.60. The fourth-order valence-electron chi connectivity index (χ4n) is 1.53. The topological polar surface area (TPSA) is 49.8 Å². The predicted molar refractivity (Wildman–Crippen MR) is 53.5 cm³/mol. The molecule has 1 aliphatic rings. The van der Waals surface area contributed by atoms with Crippen molar-refractivity contribution in [2.75, 3.05) is 6.54 Å². The molecule has 2 nitrogen and oxygen atoms in total. The highest BCUT2D eigenvalue weighted by Gasteiger charge is 2.41. The Morgan fingerprint density at radius 1 is 1.54 bits per heavy atom. The van der Waals surface area contributed by atoms with E-state index in [1.165, 1.54) is 17.7 Å². The van der Waals surface area contributed by atoms with Crippen LogP contribution in [-0.4, -0.2) is 6.54 Å². The Bertz CT molecular complexity index is 344. The average Bonchev–Trinajstić information content (AvgIpc) is 2.77. The van der Waals surface area contributed by atoms with Crippen molar-refractivity contribution in [1.82, 2.24) is 0 Å². The highest BCUT2D eigenvalue weighted by Crippen LogP contribution is 2.48. The van der Waals surface area contributed by atoms with E-state index in [1.54, 1.807) is 11.3 Å². The van der Waals surface area contributed by atoms with Gasteiger partial charge in [-0.2, -0.15) is 5.26 Å². The highest BCUT2D eigenvalue weighted by molar-refractivity contribution is 7.12. The Labute approximate surface area is 82.0 Å². The normalized spacial score (nSPS) is 18.2. The van der Waals surface area contributed by atoms with E-state index in [9.17, 15) is 0 Å². The van der Waals surface area contributed by atoms with Crippen LogP contribution in [-0.2, 0) is 6.42 Å². The third kappa shape index (κ3) is 1.74. The van der Waals surface area contributed by atoms with Crippen LogP contribution in [0.1, 0.15) is 22.6 Å². The summed E-state index contributed by atoms with van der Waals surface area (Å²) in [7, 11) is 0. The van der Waals surface area contributed by atoms with Gasteiger partial charge in [0.2, 0.25) is 0 Å². The maximum absolute atomic E-state index is 8.66. The van der Waals surface area contributed by atoms with Crippen molar-refractivity contribution in [1.29, 1.82) is 5.26 Å². The number of rotatable bonds is 3. The molecule has 2 rings (SSSR count). The molecular formula is C10H12N2S. The van der Waals surface area contributed by atoms with Gasteiger partial charge in [-0.1, -0.05) is 0 Å². The summed E-state index contributed by atoms with van der Waals surface area (Å²) in [4.78, 5) is 2.11. The molecule has 1 aliphatic carbocycles. The lowest BCUT2D eigenvalue weighted by atomic mass is 10.0. The van der Waals surface area contributed by atoms with Crippen molar-refractivity contribution in [3.63, 3.8) is 0 Å². The van der Waals surface area contributed by atoms with Gasteiger partial charge in [0.15, 0.2) is 0 Å². The van der Waals surface area contributed by atoms with Crippen LogP contribution in [0, 0.1) is 16.7 Å². The first-order chi connectivity index (χ1) is 6.28. The molecule has 1 heterocycles. The molecule has 68 valence electrons. The minimum Gasteiger partial charge on any atom is -0.330 e. The first-order valence-corrected chi connectivity index (χ1v) is 5.29. The van der Waals surface area contributed by atoms with E-state index in [2.05, 4.69) is 12.1 Å². The number of hydrogen-bond acceptors (Lipinski definition) is 3.